The van der Waals surface area contributed by atoms with Crippen molar-refractivity contribution >= 4 is 5.91 Å². The normalized spacial score (nSPS) is 10.8. The fourth-order valence-corrected chi connectivity index (χ4v) is 1.34. The standard InChI is InChI=1S/C13H17F2NO2/c1-9(2)18-8-13(17)16(3)7-10-4-5-11(14)6-12(10)15/h4-6,9H,7-8H2,1-3H3. The lowest BCUT2D eigenvalue weighted by atomic mass is 10.2. The second-order valence-electron chi connectivity index (χ2n) is 4.35. The van der Waals surface area contributed by atoms with Gasteiger partial charge in [0.25, 0.3) is 0 Å². The Balaban J connectivity index is 2.58. The van der Waals surface area contributed by atoms with Gasteiger partial charge >= 0.3 is 0 Å². The molecule has 1 amide bonds. The maximum Gasteiger partial charge on any atom is 0.248 e. The highest BCUT2D eigenvalue weighted by atomic mass is 19.1. The number of nitrogens with zero attached hydrogens (tertiary/aromatic N) is 1. The van der Waals surface area contributed by atoms with Gasteiger partial charge in [0.15, 0.2) is 0 Å². The molecule has 0 aromatic heterocycles. The predicted octanol–water partition coefficient (Wildman–Crippen LogP) is 2.35. The molecule has 3 nitrogen and oxygen atoms in total. The molecule has 1 aromatic carbocycles. The van der Waals surface area contributed by atoms with Crippen LogP contribution in [0, 0.1) is 11.6 Å². The van der Waals surface area contributed by atoms with Gasteiger partial charge in [-0.2, -0.15) is 0 Å². The summed E-state index contributed by atoms with van der Waals surface area (Å²) in [7, 11) is 1.55. The fraction of sp³-hybridized carbons (Fsp3) is 0.462. The first-order valence-corrected chi connectivity index (χ1v) is 5.69. The summed E-state index contributed by atoms with van der Waals surface area (Å²) in [5.41, 5.74) is 0.275. The lowest BCUT2D eigenvalue weighted by Gasteiger charge is -2.18. The van der Waals surface area contributed by atoms with Gasteiger partial charge in [-0.25, -0.2) is 8.78 Å². The van der Waals surface area contributed by atoms with Crippen LogP contribution in [0.3, 0.4) is 0 Å². The van der Waals surface area contributed by atoms with Crippen molar-refractivity contribution in [1.82, 2.24) is 4.90 Å². The minimum absolute atomic E-state index is 0.0371. The van der Waals surface area contributed by atoms with Crippen LogP contribution in [0.2, 0.25) is 0 Å². The molecule has 0 heterocycles. The molecule has 0 spiro atoms. The topological polar surface area (TPSA) is 29.5 Å². The van der Waals surface area contributed by atoms with E-state index in [4.69, 9.17) is 4.74 Å². The molecule has 0 saturated heterocycles. The van der Waals surface area contributed by atoms with Gasteiger partial charge < -0.3 is 9.64 Å². The van der Waals surface area contributed by atoms with Crippen molar-refractivity contribution in [2.45, 2.75) is 26.5 Å². The highest BCUT2D eigenvalue weighted by molar-refractivity contribution is 5.77. The largest absolute Gasteiger partial charge is 0.369 e. The van der Waals surface area contributed by atoms with Crippen LogP contribution in [-0.4, -0.2) is 30.6 Å². The lowest BCUT2D eigenvalue weighted by molar-refractivity contribution is -0.136. The molecule has 0 radical (unpaired) electrons. The number of halogens is 2. The van der Waals surface area contributed by atoms with Gasteiger partial charge in [-0.15, -0.1) is 0 Å². The molecule has 0 N–H and O–H groups in total. The summed E-state index contributed by atoms with van der Waals surface area (Å²) in [5.74, 6) is -1.53. The molecular formula is C13H17F2NO2. The average molecular weight is 257 g/mol. The Morgan fingerprint density at radius 3 is 2.61 bits per heavy atom. The van der Waals surface area contributed by atoms with Crippen LogP contribution in [0.15, 0.2) is 18.2 Å². The summed E-state index contributed by atoms with van der Waals surface area (Å²) in [6.45, 7) is 3.70. The van der Waals surface area contributed by atoms with Gasteiger partial charge in [-0.05, 0) is 19.9 Å². The molecule has 0 atom stereocenters. The van der Waals surface area contributed by atoms with E-state index in [2.05, 4.69) is 0 Å². The number of carbonyl (C=O) groups excluding carboxylic acids is 1. The van der Waals surface area contributed by atoms with Crippen LogP contribution >= 0.6 is 0 Å². The van der Waals surface area contributed by atoms with Crippen LogP contribution in [-0.2, 0) is 16.1 Å². The van der Waals surface area contributed by atoms with E-state index in [1.54, 1.807) is 7.05 Å². The predicted molar refractivity (Wildman–Crippen MR) is 63.9 cm³/mol. The van der Waals surface area contributed by atoms with Crippen molar-refractivity contribution in [3.63, 3.8) is 0 Å². The highest BCUT2D eigenvalue weighted by Crippen LogP contribution is 2.11. The first-order valence-electron chi connectivity index (χ1n) is 5.69. The molecule has 100 valence electrons. The monoisotopic (exact) mass is 257 g/mol. The summed E-state index contributed by atoms with van der Waals surface area (Å²) >= 11 is 0. The van der Waals surface area contributed by atoms with Crippen LogP contribution < -0.4 is 0 Å². The molecule has 0 fully saturated rings. The van der Waals surface area contributed by atoms with Gasteiger partial charge in [0.05, 0.1) is 6.10 Å². The second-order valence-corrected chi connectivity index (χ2v) is 4.35. The van der Waals surface area contributed by atoms with E-state index in [0.29, 0.717) is 0 Å². The van der Waals surface area contributed by atoms with Crippen molar-refractivity contribution in [1.29, 1.82) is 0 Å². The van der Waals surface area contributed by atoms with Crippen LogP contribution in [0.1, 0.15) is 19.4 Å². The van der Waals surface area contributed by atoms with E-state index < -0.39 is 11.6 Å². The van der Waals surface area contributed by atoms with Crippen molar-refractivity contribution in [3.8, 4) is 0 Å². The van der Waals surface area contributed by atoms with E-state index in [1.165, 1.54) is 17.0 Å². The summed E-state index contributed by atoms with van der Waals surface area (Å²) in [5, 5.41) is 0. The highest BCUT2D eigenvalue weighted by Gasteiger charge is 2.12. The number of ether oxygens (including phenoxy) is 1. The number of rotatable bonds is 5. The Bertz CT molecular complexity index is 421. The molecule has 1 rings (SSSR count). The summed E-state index contributed by atoms with van der Waals surface area (Å²) < 4.78 is 31.3. The lowest BCUT2D eigenvalue weighted by Crippen LogP contribution is -2.31. The Kier molecular flexibility index (Phi) is 5.22. The van der Waals surface area contributed by atoms with Gasteiger partial charge in [-0.1, -0.05) is 6.07 Å². The molecule has 0 aliphatic carbocycles. The Labute approximate surface area is 105 Å². The van der Waals surface area contributed by atoms with Crippen LogP contribution in [0.4, 0.5) is 8.78 Å². The van der Waals surface area contributed by atoms with E-state index in [-0.39, 0.29) is 30.7 Å². The van der Waals surface area contributed by atoms with Gasteiger partial charge in [0.2, 0.25) is 5.91 Å². The minimum atomic E-state index is -0.653. The van der Waals surface area contributed by atoms with Gasteiger partial charge in [0, 0.05) is 25.2 Å². The minimum Gasteiger partial charge on any atom is -0.369 e. The molecule has 18 heavy (non-hydrogen) atoms. The van der Waals surface area contributed by atoms with E-state index in [0.717, 1.165) is 6.07 Å². The van der Waals surface area contributed by atoms with E-state index in [1.807, 2.05) is 13.8 Å². The zero-order valence-corrected chi connectivity index (χ0v) is 10.7. The van der Waals surface area contributed by atoms with Crippen LogP contribution in [0.25, 0.3) is 0 Å². The fourth-order valence-electron chi connectivity index (χ4n) is 1.34. The zero-order valence-electron chi connectivity index (χ0n) is 10.7. The molecule has 5 heteroatoms. The first-order chi connectivity index (χ1) is 8.40. The molecular weight excluding hydrogens is 240 g/mol. The van der Waals surface area contributed by atoms with Crippen molar-refractivity contribution in [2.75, 3.05) is 13.7 Å². The molecule has 0 saturated carbocycles. The van der Waals surface area contributed by atoms with Crippen LogP contribution in [0.5, 0.6) is 0 Å². The second kappa shape index (κ2) is 6.44. The SMILES string of the molecule is CC(C)OCC(=O)N(C)Cc1ccc(F)cc1F. The summed E-state index contributed by atoms with van der Waals surface area (Å²) in [6, 6.07) is 3.30. The number of hydrogen-bond donors (Lipinski definition) is 0. The molecule has 0 aliphatic rings. The molecule has 0 unspecified atom stereocenters. The average Bonchev–Trinajstić information content (AvgIpc) is 2.29. The quantitative estimate of drug-likeness (QED) is 0.810. The van der Waals surface area contributed by atoms with Crippen molar-refractivity contribution < 1.29 is 18.3 Å². The maximum absolute atomic E-state index is 13.4. The Hall–Kier alpha value is -1.49. The third kappa shape index (κ3) is 4.41. The molecule has 1 aromatic rings. The third-order valence-electron chi connectivity index (χ3n) is 2.39. The van der Waals surface area contributed by atoms with E-state index >= 15 is 0 Å². The summed E-state index contributed by atoms with van der Waals surface area (Å²) in [4.78, 5) is 13.0. The number of hydrogen-bond acceptors (Lipinski definition) is 2. The molecule has 0 aliphatic heterocycles. The van der Waals surface area contributed by atoms with Crippen molar-refractivity contribution in [3.05, 3.63) is 35.4 Å². The number of amides is 1. The maximum atomic E-state index is 13.4. The zero-order chi connectivity index (χ0) is 13.7. The third-order valence-corrected chi connectivity index (χ3v) is 2.39. The number of carbonyl (C=O) groups is 1. The number of benzene rings is 1. The Morgan fingerprint density at radius 1 is 1.39 bits per heavy atom. The Morgan fingerprint density at radius 2 is 2.06 bits per heavy atom. The van der Waals surface area contributed by atoms with Gasteiger partial charge in [-0.3, -0.25) is 4.79 Å². The van der Waals surface area contributed by atoms with Gasteiger partial charge in [0.1, 0.15) is 18.2 Å². The van der Waals surface area contributed by atoms with Crippen molar-refractivity contribution in [2.24, 2.45) is 0 Å². The van der Waals surface area contributed by atoms with E-state index in [9.17, 15) is 13.6 Å². The summed E-state index contributed by atoms with van der Waals surface area (Å²) in [6.07, 6.45) is -0.0371. The smallest absolute Gasteiger partial charge is 0.248 e. The molecule has 0 bridgehead atoms. The number of likely N-dealkylation sites (N-methyl/N-ethyl adjacent to an activating group) is 1. The first kappa shape index (κ1) is 14.6.